The van der Waals surface area contributed by atoms with E-state index in [2.05, 4.69) is 0 Å². The molecule has 1 nitrogen and oxygen atoms in total. The van der Waals surface area contributed by atoms with E-state index in [-0.39, 0.29) is 18.5 Å². The lowest BCUT2D eigenvalue weighted by atomic mass is 9.97. The predicted octanol–water partition coefficient (Wildman–Crippen LogP) is 5.49. The molecular weight excluding hydrogens is 365 g/mol. The van der Waals surface area contributed by atoms with E-state index in [1.54, 1.807) is 0 Å². The summed E-state index contributed by atoms with van der Waals surface area (Å²) in [6.07, 6.45) is -17.0. The zero-order chi connectivity index (χ0) is 17.3. The van der Waals surface area contributed by atoms with Gasteiger partial charge >= 0.3 is 18.5 Å². The quantitative estimate of drug-likeness (QED) is 0.695. The summed E-state index contributed by atoms with van der Waals surface area (Å²) >= 11 is 0. The van der Waals surface area contributed by atoms with Crippen LogP contribution in [0.4, 0.5) is 39.5 Å². The summed E-state index contributed by atoms with van der Waals surface area (Å²) < 4.78 is 112. The molecule has 0 aromatic heterocycles. The molecular formula is C12H11ClF9N. The minimum atomic E-state index is -5.07. The highest BCUT2D eigenvalue weighted by Gasteiger charge is 2.37. The van der Waals surface area contributed by atoms with Crippen LogP contribution in [0.1, 0.15) is 35.6 Å². The van der Waals surface area contributed by atoms with Crippen LogP contribution in [0.25, 0.3) is 0 Å². The Bertz CT molecular complexity index is 486. The fourth-order valence-electron chi connectivity index (χ4n) is 1.68. The Balaban J connectivity index is 0.00000484. The van der Waals surface area contributed by atoms with Crippen LogP contribution in [0.2, 0.25) is 0 Å². The molecule has 2 N–H and O–H groups in total. The first-order valence-corrected chi connectivity index (χ1v) is 5.82. The fraction of sp³-hybridized carbons (Fsp3) is 0.500. The summed E-state index contributed by atoms with van der Waals surface area (Å²) in [5, 5.41) is 0. The van der Waals surface area contributed by atoms with Gasteiger partial charge in [0.1, 0.15) is 0 Å². The number of rotatable bonds is 3. The van der Waals surface area contributed by atoms with Crippen LogP contribution >= 0.6 is 12.4 Å². The summed E-state index contributed by atoms with van der Waals surface area (Å²) in [6, 6.07) is -1.04. The third-order valence-corrected chi connectivity index (χ3v) is 2.78. The van der Waals surface area contributed by atoms with Gasteiger partial charge in [0.25, 0.3) is 0 Å². The molecule has 0 aliphatic carbocycles. The first-order valence-electron chi connectivity index (χ1n) is 5.82. The third kappa shape index (κ3) is 6.86. The standard InChI is InChI=1S/C12H10F9N.ClH/c13-10(14,15)2-1-9(22)6-3-7(11(16,17)18)5-8(4-6)12(19,20)21;/h3-5,9H,1-2,22H2;1H/t9-;/m0./s1. The van der Waals surface area contributed by atoms with E-state index in [1.807, 2.05) is 0 Å². The van der Waals surface area contributed by atoms with Gasteiger partial charge in [0.15, 0.2) is 0 Å². The van der Waals surface area contributed by atoms with Gasteiger partial charge in [-0.3, -0.25) is 0 Å². The van der Waals surface area contributed by atoms with Gasteiger partial charge in [-0.1, -0.05) is 0 Å². The maximum Gasteiger partial charge on any atom is 0.416 e. The molecule has 0 radical (unpaired) electrons. The molecule has 0 spiro atoms. The maximum atomic E-state index is 12.6. The minimum Gasteiger partial charge on any atom is -0.324 e. The van der Waals surface area contributed by atoms with Gasteiger partial charge in [-0.25, -0.2) is 0 Å². The van der Waals surface area contributed by atoms with Crippen molar-refractivity contribution in [3.63, 3.8) is 0 Å². The average Bonchev–Trinajstić information content (AvgIpc) is 2.32. The van der Waals surface area contributed by atoms with E-state index < -0.39 is 54.1 Å². The maximum absolute atomic E-state index is 12.6. The Labute approximate surface area is 131 Å². The summed E-state index contributed by atoms with van der Waals surface area (Å²) in [5.74, 6) is 0. The SMILES string of the molecule is Cl.N[C@@H](CCC(F)(F)F)c1cc(C(F)(F)F)cc(C(F)(F)F)c1. The van der Waals surface area contributed by atoms with Crippen molar-refractivity contribution in [1.82, 2.24) is 0 Å². The van der Waals surface area contributed by atoms with Crippen molar-refractivity contribution in [2.45, 2.75) is 37.4 Å². The molecule has 11 heteroatoms. The monoisotopic (exact) mass is 375 g/mol. The molecule has 0 amide bonds. The van der Waals surface area contributed by atoms with E-state index in [1.165, 1.54) is 0 Å². The molecule has 0 aliphatic rings. The molecule has 0 heterocycles. The molecule has 134 valence electrons. The number of hydrogen-bond acceptors (Lipinski definition) is 1. The van der Waals surface area contributed by atoms with Crippen molar-refractivity contribution < 1.29 is 39.5 Å². The second-order valence-corrected chi connectivity index (χ2v) is 4.60. The van der Waals surface area contributed by atoms with Crippen molar-refractivity contribution in [2.75, 3.05) is 0 Å². The van der Waals surface area contributed by atoms with Crippen molar-refractivity contribution in [2.24, 2.45) is 5.73 Å². The molecule has 0 saturated carbocycles. The molecule has 23 heavy (non-hydrogen) atoms. The molecule has 0 fully saturated rings. The Morgan fingerprint density at radius 1 is 0.783 bits per heavy atom. The summed E-state index contributed by atoms with van der Waals surface area (Å²) in [6.45, 7) is 0. The second-order valence-electron chi connectivity index (χ2n) is 4.60. The molecule has 0 aliphatic heterocycles. The Morgan fingerprint density at radius 2 is 1.17 bits per heavy atom. The van der Waals surface area contributed by atoms with Crippen molar-refractivity contribution >= 4 is 12.4 Å². The molecule has 0 bridgehead atoms. The van der Waals surface area contributed by atoms with Crippen LogP contribution in [0, 0.1) is 0 Å². The van der Waals surface area contributed by atoms with Gasteiger partial charge in [-0.05, 0) is 30.2 Å². The smallest absolute Gasteiger partial charge is 0.324 e. The van der Waals surface area contributed by atoms with E-state index in [9.17, 15) is 39.5 Å². The highest BCUT2D eigenvalue weighted by atomic mass is 35.5. The highest BCUT2D eigenvalue weighted by Crippen LogP contribution is 2.38. The van der Waals surface area contributed by atoms with Gasteiger partial charge in [-0.2, -0.15) is 39.5 Å². The number of benzene rings is 1. The molecule has 1 aromatic rings. The lowest BCUT2D eigenvalue weighted by Gasteiger charge is -2.18. The number of alkyl halides is 9. The fourth-order valence-corrected chi connectivity index (χ4v) is 1.68. The van der Waals surface area contributed by atoms with Gasteiger partial charge in [-0.15, -0.1) is 12.4 Å². The summed E-state index contributed by atoms with van der Waals surface area (Å²) in [7, 11) is 0. The molecule has 1 atom stereocenters. The Hall–Kier alpha value is -1.16. The molecule has 0 unspecified atom stereocenters. The summed E-state index contributed by atoms with van der Waals surface area (Å²) in [4.78, 5) is 0. The normalized spacial score (nSPS) is 14.3. The van der Waals surface area contributed by atoms with Crippen LogP contribution < -0.4 is 5.73 Å². The molecule has 1 aromatic carbocycles. The zero-order valence-corrected chi connectivity index (χ0v) is 11.9. The van der Waals surface area contributed by atoms with E-state index in [0.717, 1.165) is 0 Å². The first kappa shape index (κ1) is 21.8. The minimum absolute atomic E-state index is 0. The highest BCUT2D eigenvalue weighted by molar-refractivity contribution is 5.85. The number of hydrogen-bond donors (Lipinski definition) is 1. The van der Waals surface area contributed by atoms with Gasteiger partial charge in [0, 0.05) is 12.5 Å². The Morgan fingerprint density at radius 3 is 1.48 bits per heavy atom. The lowest BCUT2D eigenvalue weighted by Crippen LogP contribution is -2.18. The number of halogens is 10. The van der Waals surface area contributed by atoms with Gasteiger partial charge in [0.2, 0.25) is 0 Å². The van der Waals surface area contributed by atoms with Crippen LogP contribution in [0.15, 0.2) is 18.2 Å². The van der Waals surface area contributed by atoms with Crippen LogP contribution in [-0.4, -0.2) is 6.18 Å². The van der Waals surface area contributed by atoms with Gasteiger partial charge < -0.3 is 5.73 Å². The van der Waals surface area contributed by atoms with Crippen LogP contribution in [0.3, 0.4) is 0 Å². The van der Waals surface area contributed by atoms with Crippen molar-refractivity contribution in [3.8, 4) is 0 Å². The predicted molar refractivity (Wildman–Crippen MR) is 65.9 cm³/mol. The van der Waals surface area contributed by atoms with Gasteiger partial charge in [0.05, 0.1) is 11.1 Å². The third-order valence-electron chi connectivity index (χ3n) is 2.78. The van der Waals surface area contributed by atoms with E-state index >= 15 is 0 Å². The van der Waals surface area contributed by atoms with E-state index in [0.29, 0.717) is 12.1 Å². The number of nitrogens with two attached hydrogens (primary N) is 1. The first-order chi connectivity index (χ1) is 9.70. The molecule has 1 rings (SSSR count). The van der Waals surface area contributed by atoms with Crippen LogP contribution in [0.5, 0.6) is 0 Å². The molecule has 0 saturated heterocycles. The van der Waals surface area contributed by atoms with Crippen molar-refractivity contribution in [1.29, 1.82) is 0 Å². The topological polar surface area (TPSA) is 26.0 Å². The van der Waals surface area contributed by atoms with Crippen molar-refractivity contribution in [3.05, 3.63) is 34.9 Å². The lowest BCUT2D eigenvalue weighted by molar-refractivity contribution is -0.143. The Kier molecular flexibility index (Phi) is 6.80. The second kappa shape index (κ2) is 7.16. The van der Waals surface area contributed by atoms with Crippen LogP contribution in [-0.2, 0) is 12.4 Å². The zero-order valence-electron chi connectivity index (χ0n) is 11.1. The largest absolute Gasteiger partial charge is 0.416 e. The van der Waals surface area contributed by atoms with E-state index in [4.69, 9.17) is 5.73 Å². The average molecular weight is 376 g/mol. The summed E-state index contributed by atoms with van der Waals surface area (Å²) in [5.41, 5.74) is 1.42.